The fraction of sp³-hybridized carbons (Fsp3) is 0.136. The Morgan fingerprint density at radius 2 is 1.89 bits per heavy atom. The summed E-state index contributed by atoms with van der Waals surface area (Å²) >= 11 is 0. The zero-order valence-electron chi connectivity index (χ0n) is 15.4. The Labute approximate surface area is 164 Å². The minimum Gasteiger partial charge on any atom is -0.496 e. The molecule has 0 aliphatic heterocycles. The molecule has 0 unspecified atom stereocenters. The van der Waals surface area contributed by atoms with Crippen LogP contribution in [-0.2, 0) is 10.0 Å². The van der Waals surface area contributed by atoms with E-state index in [1.165, 1.54) is 0 Å². The van der Waals surface area contributed by atoms with E-state index in [2.05, 4.69) is 9.71 Å². The number of pyridine rings is 1. The maximum atomic E-state index is 12.6. The second kappa shape index (κ2) is 7.48. The summed E-state index contributed by atoms with van der Waals surface area (Å²) in [6.07, 6.45) is 10.4. The summed E-state index contributed by atoms with van der Waals surface area (Å²) in [7, 11) is -2.05. The van der Waals surface area contributed by atoms with E-state index < -0.39 is 10.0 Å². The summed E-state index contributed by atoms with van der Waals surface area (Å²) in [5.74, 6) is 0.575. The highest BCUT2D eigenvalue weighted by molar-refractivity contribution is 7.96. The molecule has 2 aromatic carbocycles. The van der Waals surface area contributed by atoms with E-state index in [0.717, 1.165) is 34.7 Å². The van der Waals surface area contributed by atoms with Gasteiger partial charge in [0.25, 0.3) is 10.0 Å². The first kappa shape index (κ1) is 18.3. The van der Waals surface area contributed by atoms with Gasteiger partial charge in [0.2, 0.25) is 0 Å². The lowest BCUT2D eigenvalue weighted by atomic mass is 10.00. The first-order chi connectivity index (χ1) is 13.6. The molecule has 142 valence electrons. The van der Waals surface area contributed by atoms with E-state index in [0.29, 0.717) is 16.3 Å². The zero-order valence-corrected chi connectivity index (χ0v) is 16.2. The van der Waals surface area contributed by atoms with E-state index in [-0.39, 0.29) is 0 Å². The molecule has 1 heterocycles. The molecule has 3 aromatic rings. The van der Waals surface area contributed by atoms with Crippen LogP contribution in [0.15, 0.2) is 78.0 Å². The molecule has 0 spiro atoms. The first-order valence-corrected chi connectivity index (χ1v) is 10.5. The molecular formula is C22H20N2O3S. The van der Waals surface area contributed by atoms with Gasteiger partial charge in [-0.15, -0.1) is 0 Å². The Kier molecular flexibility index (Phi) is 4.88. The summed E-state index contributed by atoms with van der Waals surface area (Å²) in [5, 5.41) is 2.09. The van der Waals surface area contributed by atoms with Crippen LogP contribution in [0.3, 0.4) is 0 Å². The summed E-state index contributed by atoms with van der Waals surface area (Å²) in [6, 6.07) is 13.3. The van der Waals surface area contributed by atoms with Crippen LogP contribution in [0.2, 0.25) is 0 Å². The van der Waals surface area contributed by atoms with Crippen LogP contribution < -0.4 is 9.46 Å². The number of hydrogen-bond acceptors (Lipinski definition) is 4. The van der Waals surface area contributed by atoms with Crippen LogP contribution in [-0.4, -0.2) is 20.5 Å². The first-order valence-electron chi connectivity index (χ1n) is 8.99. The van der Waals surface area contributed by atoms with E-state index in [4.69, 9.17) is 4.74 Å². The van der Waals surface area contributed by atoms with Gasteiger partial charge in [-0.1, -0.05) is 36.4 Å². The Hall–Kier alpha value is -3.12. The maximum Gasteiger partial charge on any atom is 0.261 e. The van der Waals surface area contributed by atoms with E-state index in [9.17, 15) is 8.42 Å². The summed E-state index contributed by atoms with van der Waals surface area (Å²) in [6.45, 7) is 0. The van der Waals surface area contributed by atoms with Gasteiger partial charge in [0, 0.05) is 35.0 Å². The SMILES string of the molecule is COc1cc(NS(=O)(=O)C2=CCCC=C2)ccc1-c1cncc2ccccc12. The molecule has 0 bridgehead atoms. The number of benzene rings is 2. The second-order valence-corrected chi connectivity index (χ2v) is 8.20. The van der Waals surface area contributed by atoms with Crippen molar-refractivity contribution in [3.63, 3.8) is 0 Å². The highest BCUT2D eigenvalue weighted by Crippen LogP contribution is 2.36. The van der Waals surface area contributed by atoms with Crippen molar-refractivity contribution in [2.75, 3.05) is 11.8 Å². The van der Waals surface area contributed by atoms with Crippen molar-refractivity contribution in [1.82, 2.24) is 4.98 Å². The van der Waals surface area contributed by atoms with Crippen LogP contribution >= 0.6 is 0 Å². The lowest BCUT2D eigenvalue weighted by molar-refractivity contribution is 0.416. The quantitative estimate of drug-likeness (QED) is 0.671. The third-order valence-corrected chi connectivity index (χ3v) is 6.11. The number of rotatable bonds is 5. The molecule has 28 heavy (non-hydrogen) atoms. The highest BCUT2D eigenvalue weighted by atomic mass is 32.2. The van der Waals surface area contributed by atoms with Gasteiger partial charge in [-0.2, -0.15) is 0 Å². The van der Waals surface area contributed by atoms with Crippen molar-refractivity contribution in [3.05, 3.63) is 78.0 Å². The summed E-state index contributed by atoms with van der Waals surface area (Å²) in [5.41, 5.74) is 2.24. The molecule has 1 N–H and O–H groups in total. The Bertz CT molecular complexity index is 1190. The number of hydrogen-bond donors (Lipinski definition) is 1. The fourth-order valence-electron chi connectivity index (χ4n) is 3.31. The molecule has 0 saturated heterocycles. The average Bonchev–Trinajstić information content (AvgIpc) is 2.74. The van der Waals surface area contributed by atoms with Crippen LogP contribution in [0.5, 0.6) is 5.75 Å². The number of nitrogens with one attached hydrogen (secondary N) is 1. The van der Waals surface area contributed by atoms with Gasteiger partial charge < -0.3 is 4.74 Å². The Morgan fingerprint density at radius 1 is 1.04 bits per heavy atom. The van der Waals surface area contributed by atoms with Crippen molar-refractivity contribution < 1.29 is 13.2 Å². The molecule has 0 saturated carbocycles. The standard InChI is InChI=1S/C22H20N2O3S/c1-27-22-13-17(24-28(25,26)18-8-3-2-4-9-18)11-12-20(22)21-15-23-14-16-7-5-6-10-19(16)21/h3,5-15,24H,2,4H2,1H3. The van der Waals surface area contributed by atoms with E-state index >= 15 is 0 Å². The lowest BCUT2D eigenvalue weighted by Crippen LogP contribution is -2.15. The van der Waals surface area contributed by atoms with Crippen molar-refractivity contribution >= 4 is 26.5 Å². The molecule has 0 atom stereocenters. The molecular weight excluding hydrogens is 372 g/mol. The van der Waals surface area contributed by atoms with E-state index in [1.807, 2.05) is 42.6 Å². The third kappa shape index (κ3) is 3.51. The van der Waals surface area contributed by atoms with Gasteiger partial charge in [0.15, 0.2) is 0 Å². The number of ether oxygens (including phenoxy) is 1. The molecule has 1 aromatic heterocycles. The molecule has 4 rings (SSSR count). The number of methoxy groups -OCH3 is 1. The molecule has 1 aliphatic carbocycles. The summed E-state index contributed by atoms with van der Waals surface area (Å²) < 4.78 is 33.4. The normalized spacial score (nSPS) is 14.0. The lowest BCUT2D eigenvalue weighted by Gasteiger charge is -2.15. The van der Waals surface area contributed by atoms with Crippen LogP contribution in [0, 0.1) is 0 Å². The smallest absolute Gasteiger partial charge is 0.261 e. The van der Waals surface area contributed by atoms with Crippen LogP contribution in [0.1, 0.15) is 12.8 Å². The highest BCUT2D eigenvalue weighted by Gasteiger charge is 2.18. The molecule has 0 radical (unpaired) electrons. The number of aromatic nitrogens is 1. The molecule has 1 aliphatic rings. The Morgan fingerprint density at radius 3 is 2.68 bits per heavy atom. The topological polar surface area (TPSA) is 68.3 Å². The van der Waals surface area contributed by atoms with Gasteiger partial charge >= 0.3 is 0 Å². The monoisotopic (exact) mass is 392 g/mol. The molecule has 6 heteroatoms. The minimum atomic E-state index is -3.62. The minimum absolute atomic E-state index is 0.292. The van der Waals surface area contributed by atoms with Crippen LogP contribution in [0.25, 0.3) is 21.9 Å². The van der Waals surface area contributed by atoms with Gasteiger partial charge in [-0.05, 0) is 36.4 Å². The largest absolute Gasteiger partial charge is 0.496 e. The van der Waals surface area contributed by atoms with Crippen molar-refractivity contribution in [1.29, 1.82) is 0 Å². The number of nitrogens with zero attached hydrogens (tertiary/aromatic N) is 1. The average molecular weight is 392 g/mol. The van der Waals surface area contributed by atoms with Gasteiger partial charge in [0.1, 0.15) is 5.75 Å². The summed E-state index contributed by atoms with van der Waals surface area (Å²) in [4.78, 5) is 4.62. The second-order valence-electron chi connectivity index (χ2n) is 6.51. The number of allylic oxidation sites excluding steroid dienone is 3. The van der Waals surface area contributed by atoms with Gasteiger partial charge in [0.05, 0.1) is 17.7 Å². The zero-order chi connectivity index (χ0) is 19.6. The molecule has 5 nitrogen and oxygen atoms in total. The predicted molar refractivity (Wildman–Crippen MR) is 113 cm³/mol. The maximum absolute atomic E-state index is 12.6. The van der Waals surface area contributed by atoms with Crippen molar-refractivity contribution in [2.24, 2.45) is 0 Å². The van der Waals surface area contributed by atoms with Gasteiger partial charge in [-0.25, -0.2) is 8.42 Å². The van der Waals surface area contributed by atoms with Crippen molar-refractivity contribution in [2.45, 2.75) is 12.8 Å². The van der Waals surface area contributed by atoms with Crippen molar-refractivity contribution in [3.8, 4) is 16.9 Å². The Balaban J connectivity index is 1.73. The van der Waals surface area contributed by atoms with Gasteiger partial charge in [-0.3, -0.25) is 9.71 Å². The fourth-order valence-corrected chi connectivity index (χ4v) is 4.48. The third-order valence-electron chi connectivity index (χ3n) is 4.68. The van der Waals surface area contributed by atoms with E-state index in [1.54, 1.807) is 37.6 Å². The molecule has 0 amide bonds. The molecule has 0 fully saturated rings. The van der Waals surface area contributed by atoms with Crippen LogP contribution in [0.4, 0.5) is 5.69 Å². The predicted octanol–water partition coefficient (Wildman–Crippen LogP) is 4.89. The number of anilines is 1. The number of fused-ring (bicyclic) bond motifs is 1. The number of sulfonamides is 1.